The molecule has 0 saturated heterocycles. The minimum absolute atomic E-state index is 0.232. The summed E-state index contributed by atoms with van der Waals surface area (Å²) >= 11 is 1.65. The smallest absolute Gasteiger partial charge is 0.191 e. The van der Waals surface area contributed by atoms with Crippen LogP contribution in [0.1, 0.15) is 43.0 Å². The first kappa shape index (κ1) is 20.2. The lowest BCUT2D eigenvalue weighted by atomic mass is 10.2. The van der Waals surface area contributed by atoms with E-state index in [-0.39, 0.29) is 5.82 Å². The van der Waals surface area contributed by atoms with Crippen LogP contribution in [0.25, 0.3) is 0 Å². The van der Waals surface area contributed by atoms with Crippen LogP contribution in [0.3, 0.4) is 0 Å². The van der Waals surface area contributed by atoms with E-state index in [4.69, 9.17) is 0 Å². The second kappa shape index (κ2) is 9.52. The fourth-order valence-electron chi connectivity index (χ4n) is 2.35. The van der Waals surface area contributed by atoms with Crippen molar-refractivity contribution in [2.75, 3.05) is 25.5 Å². The van der Waals surface area contributed by atoms with Crippen molar-refractivity contribution in [2.45, 2.75) is 39.8 Å². The minimum atomic E-state index is -0.232. The summed E-state index contributed by atoms with van der Waals surface area (Å²) in [5.41, 5.74) is 2.53. The molecule has 1 aromatic heterocycles. The van der Waals surface area contributed by atoms with Crippen molar-refractivity contribution in [3.63, 3.8) is 0 Å². The number of thiazole rings is 1. The first-order valence-electron chi connectivity index (χ1n) is 8.83. The van der Waals surface area contributed by atoms with Crippen LogP contribution in [0.2, 0.25) is 0 Å². The van der Waals surface area contributed by atoms with Crippen molar-refractivity contribution in [3.05, 3.63) is 45.7 Å². The Hall–Kier alpha value is -2.15. The third kappa shape index (κ3) is 5.69. The molecule has 0 aliphatic rings. The Balaban J connectivity index is 2.00. The number of nitrogens with zero attached hydrogens (tertiary/aromatic N) is 3. The van der Waals surface area contributed by atoms with Crippen molar-refractivity contribution in [2.24, 2.45) is 4.99 Å². The molecule has 0 amide bonds. The van der Waals surface area contributed by atoms with Gasteiger partial charge in [0, 0.05) is 26.0 Å². The third-order valence-electron chi connectivity index (χ3n) is 3.83. The van der Waals surface area contributed by atoms with Crippen molar-refractivity contribution in [1.82, 2.24) is 15.6 Å². The highest BCUT2D eigenvalue weighted by atomic mass is 32.1. The second-order valence-corrected chi connectivity index (χ2v) is 7.49. The first-order valence-corrected chi connectivity index (χ1v) is 9.70. The molecule has 2 aromatic rings. The fraction of sp³-hybridized carbons (Fsp3) is 0.474. The highest BCUT2D eigenvalue weighted by Crippen LogP contribution is 2.19. The van der Waals surface area contributed by atoms with Crippen LogP contribution in [0.5, 0.6) is 0 Å². The highest BCUT2D eigenvalue weighted by molar-refractivity contribution is 7.09. The Bertz CT molecular complexity index is 739. The lowest BCUT2D eigenvalue weighted by molar-refractivity contribution is 0.624. The van der Waals surface area contributed by atoms with Crippen molar-refractivity contribution < 1.29 is 4.39 Å². The summed E-state index contributed by atoms with van der Waals surface area (Å²) in [6.45, 7) is 8.08. The topological polar surface area (TPSA) is 52.6 Å². The van der Waals surface area contributed by atoms with Gasteiger partial charge in [0.25, 0.3) is 0 Å². The van der Waals surface area contributed by atoms with Gasteiger partial charge < -0.3 is 15.5 Å². The second-order valence-electron chi connectivity index (χ2n) is 6.55. The number of aliphatic imine (C=N–C) groups is 1. The van der Waals surface area contributed by atoms with Gasteiger partial charge in [0.05, 0.1) is 24.5 Å². The molecule has 0 radical (unpaired) electrons. The van der Waals surface area contributed by atoms with Crippen LogP contribution >= 0.6 is 11.3 Å². The monoisotopic (exact) mass is 377 g/mol. The van der Waals surface area contributed by atoms with Crippen molar-refractivity contribution in [1.29, 1.82) is 0 Å². The molecule has 1 heterocycles. The van der Waals surface area contributed by atoms with Gasteiger partial charge >= 0.3 is 0 Å². The van der Waals surface area contributed by atoms with E-state index in [1.54, 1.807) is 22.3 Å². The van der Waals surface area contributed by atoms with E-state index in [1.807, 2.05) is 27.1 Å². The molecular weight excluding hydrogens is 349 g/mol. The summed E-state index contributed by atoms with van der Waals surface area (Å²) < 4.78 is 14.1. The Labute approximate surface area is 159 Å². The Kier molecular flexibility index (Phi) is 7.38. The largest absolute Gasteiger partial charge is 0.375 e. The normalized spacial score (nSPS) is 11.7. The van der Waals surface area contributed by atoms with Crippen LogP contribution in [0.4, 0.5) is 10.1 Å². The van der Waals surface area contributed by atoms with Crippen LogP contribution in [-0.4, -0.2) is 31.6 Å². The van der Waals surface area contributed by atoms with Crippen LogP contribution < -0.4 is 15.5 Å². The summed E-state index contributed by atoms with van der Waals surface area (Å²) in [6.07, 6.45) is 0. The average Bonchev–Trinajstić information content (AvgIpc) is 3.06. The molecule has 0 unspecified atom stereocenters. The van der Waals surface area contributed by atoms with E-state index < -0.39 is 0 Å². The minimum Gasteiger partial charge on any atom is -0.375 e. The lowest BCUT2D eigenvalue weighted by Crippen LogP contribution is -2.36. The number of hydrogen-bond acceptors (Lipinski definition) is 4. The number of anilines is 1. The Morgan fingerprint density at radius 2 is 2.08 bits per heavy atom. The van der Waals surface area contributed by atoms with Gasteiger partial charge in [-0.05, 0) is 30.5 Å². The van der Waals surface area contributed by atoms with E-state index in [0.29, 0.717) is 30.7 Å². The zero-order chi connectivity index (χ0) is 19.1. The van der Waals surface area contributed by atoms with Crippen LogP contribution in [0, 0.1) is 5.82 Å². The number of rotatable bonds is 7. The van der Waals surface area contributed by atoms with E-state index >= 15 is 0 Å². The molecule has 2 N–H and O–H groups in total. The van der Waals surface area contributed by atoms with Gasteiger partial charge in [-0.15, -0.1) is 11.3 Å². The first-order chi connectivity index (χ1) is 12.4. The number of halogens is 1. The number of hydrogen-bond donors (Lipinski definition) is 2. The SMILES string of the molecule is CCNC(=NCc1ccc(N(C)C)c(F)c1)NCc1nc(C(C)C)cs1. The molecule has 0 fully saturated rings. The standard InChI is InChI=1S/C19H28FN5S/c1-6-21-19(23-11-18-24-16(12-26-18)13(2)3)22-10-14-7-8-17(25(4)5)15(20)9-14/h7-9,12-13H,6,10-11H2,1-5H3,(H2,21,22,23). The van der Waals surface area contributed by atoms with Crippen LogP contribution in [-0.2, 0) is 13.1 Å². The molecule has 7 heteroatoms. The number of aromatic nitrogens is 1. The summed E-state index contributed by atoms with van der Waals surface area (Å²) in [7, 11) is 3.65. The molecular formula is C19H28FN5S. The zero-order valence-electron chi connectivity index (χ0n) is 16.1. The fourth-order valence-corrected chi connectivity index (χ4v) is 3.25. The van der Waals surface area contributed by atoms with E-state index in [9.17, 15) is 4.39 Å². The molecule has 0 bridgehead atoms. The molecule has 1 aromatic carbocycles. The van der Waals surface area contributed by atoms with Gasteiger partial charge in [-0.25, -0.2) is 14.4 Å². The molecule has 2 rings (SSSR count). The number of nitrogens with one attached hydrogen (secondary N) is 2. The van der Waals surface area contributed by atoms with Gasteiger partial charge in [-0.3, -0.25) is 0 Å². The molecule has 26 heavy (non-hydrogen) atoms. The summed E-state index contributed by atoms with van der Waals surface area (Å²) in [5.74, 6) is 0.900. The van der Waals surface area contributed by atoms with E-state index in [2.05, 4.69) is 39.8 Å². The molecule has 0 aliphatic carbocycles. The molecule has 142 valence electrons. The molecule has 0 aliphatic heterocycles. The quantitative estimate of drug-likeness (QED) is 0.570. The van der Waals surface area contributed by atoms with Gasteiger partial charge in [0.15, 0.2) is 5.96 Å². The Morgan fingerprint density at radius 3 is 2.65 bits per heavy atom. The van der Waals surface area contributed by atoms with E-state index in [0.717, 1.165) is 22.8 Å². The van der Waals surface area contributed by atoms with Crippen molar-refractivity contribution in [3.8, 4) is 0 Å². The van der Waals surface area contributed by atoms with Crippen LogP contribution in [0.15, 0.2) is 28.6 Å². The van der Waals surface area contributed by atoms with Crippen molar-refractivity contribution >= 4 is 23.0 Å². The number of benzene rings is 1. The van der Waals surface area contributed by atoms with Gasteiger partial charge in [-0.1, -0.05) is 19.9 Å². The molecule has 0 saturated carbocycles. The third-order valence-corrected chi connectivity index (χ3v) is 4.69. The average molecular weight is 378 g/mol. The molecule has 0 atom stereocenters. The zero-order valence-corrected chi connectivity index (χ0v) is 17.0. The molecule has 5 nitrogen and oxygen atoms in total. The predicted molar refractivity (Wildman–Crippen MR) is 109 cm³/mol. The maximum absolute atomic E-state index is 14.1. The van der Waals surface area contributed by atoms with Gasteiger partial charge in [-0.2, -0.15) is 0 Å². The van der Waals surface area contributed by atoms with Gasteiger partial charge in [0.2, 0.25) is 0 Å². The van der Waals surface area contributed by atoms with Gasteiger partial charge in [0.1, 0.15) is 10.8 Å². The summed E-state index contributed by atoms with van der Waals surface area (Å²) in [4.78, 5) is 10.9. The summed E-state index contributed by atoms with van der Waals surface area (Å²) in [5, 5.41) is 9.63. The highest BCUT2D eigenvalue weighted by Gasteiger charge is 2.07. The predicted octanol–water partition coefficient (Wildman–Crippen LogP) is 3.73. The Morgan fingerprint density at radius 1 is 1.31 bits per heavy atom. The van der Waals surface area contributed by atoms with E-state index in [1.165, 1.54) is 6.07 Å². The molecule has 0 spiro atoms. The number of guanidine groups is 1. The lowest BCUT2D eigenvalue weighted by Gasteiger charge is -2.14. The maximum Gasteiger partial charge on any atom is 0.191 e. The summed E-state index contributed by atoms with van der Waals surface area (Å²) in [6, 6.07) is 5.23. The maximum atomic E-state index is 14.1.